The predicted molar refractivity (Wildman–Crippen MR) is 69.9 cm³/mol. The van der Waals surface area contributed by atoms with Crippen molar-refractivity contribution in [1.82, 2.24) is 14.4 Å². The lowest BCUT2D eigenvalue weighted by Gasteiger charge is -2.06. The molecule has 0 fully saturated rings. The molecule has 1 aromatic carbocycles. The Morgan fingerprint density at radius 2 is 2.11 bits per heavy atom. The lowest BCUT2D eigenvalue weighted by Crippen LogP contribution is -2.01. The minimum absolute atomic E-state index is 0.184. The molecule has 6 heteroatoms. The van der Waals surface area contributed by atoms with Crippen molar-refractivity contribution in [2.24, 2.45) is 0 Å². The van der Waals surface area contributed by atoms with Crippen LogP contribution in [0, 0.1) is 11.6 Å². The lowest BCUT2D eigenvalue weighted by atomic mass is 10.1. The van der Waals surface area contributed by atoms with Crippen LogP contribution >= 0.6 is 15.9 Å². The second kappa shape index (κ2) is 4.70. The quantitative estimate of drug-likeness (QED) is 0.724. The number of halogens is 3. The van der Waals surface area contributed by atoms with Crippen LogP contribution in [-0.2, 0) is 6.42 Å². The van der Waals surface area contributed by atoms with Crippen molar-refractivity contribution in [3.63, 3.8) is 0 Å². The van der Waals surface area contributed by atoms with E-state index in [1.165, 1.54) is 6.07 Å². The van der Waals surface area contributed by atoms with Crippen molar-refractivity contribution in [3.05, 3.63) is 64.3 Å². The molecule has 96 valence electrons. The third-order valence-corrected chi connectivity index (χ3v) is 3.16. The summed E-state index contributed by atoms with van der Waals surface area (Å²) >= 11 is 3.29. The maximum atomic E-state index is 13.6. The van der Waals surface area contributed by atoms with Gasteiger partial charge in [0.05, 0.1) is 5.69 Å². The average Bonchev–Trinajstić information content (AvgIpc) is 2.82. The first-order chi connectivity index (χ1) is 9.13. The minimum Gasteiger partial charge on any atom is -0.303 e. The number of hydrogen-bond acceptors (Lipinski definition) is 2. The summed E-state index contributed by atoms with van der Waals surface area (Å²) in [5, 5.41) is 0. The number of imidazole rings is 1. The Morgan fingerprint density at radius 1 is 1.26 bits per heavy atom. The van der Waals surface area contributed by atoms with Gasteiger partial charge in [0.15, 0.2) is 5.65 Å². The molecule has 0 spiro atoms. The second-order valence-electron chi connectivity index (χ2n) is 4.08. The zero-order valence-corrected chi connectivity index (χ0v) is 11.2. The third-order valence-electron chi connectivity index (χ3n) is 2.78. The predicted octanol–water partition coefficient (Wildman–Crippen LogP) is 3.36. The molecule has 0 aliphatic heterocycles. The Kier molecular flexibility index (Phi) is 3.02. The summed E-state index contributed by atoms with van der Waals surface area (Å²) in [6, 6.07) is 3.39. The van der Waals surface area contributed by atoms with Gasteiger partial charge in [0.2, 0.25) is 0 Å². The zero-order chi connectivity index (χ0) is 13.4. The van der Waals surface area contributed by atoms with Crippen LogP contribution in [0.4, 0.5) is 8.78 Å². The maximum absolute atomic E-state index is 13.6. The van der Waals surface area contributed by atoms with Crippen molar-refractivity contribution < 1.29 is 8.78 Å². The summed E-state index contributed by atoms with van der Waals surface area (Å²) in [4.78, 5) is 8.46. The molecule has 0 bridgehead atoms. The van der Waals surface area contributed by atoms with E-state index in [9.17, 15) is 8.78 Å². The molecule has 0 N–H and O–H groups in total. The smallest absolute Gasteiger partial charge is 0.158 e. The third kappa shape index (κ3) is 2.35. The highest BCUT2D eigenvalue weighted by Gasteiger charge is 2.11. The van der Waals surface area contributed by atoms with Gasteiger partial charge < -0.3 is 4.40 Å². The van der Waals surface area contributed by atoms with Crippen LogP contribution < -0.4 is 0 Å². The van der Waals surface area contributed by atoms with Crippen molar-refractivity contribution in [2.45, 2.75) is 6.42 Å². The molecule has 0 atom stereocenters. The van der Waals surface area contributed by atoms with Gasteiger partial charge in [-0.25, -0.2) is 18.7 Å². The highest BCUT2D eigenvalue weighted by Crippen LogP contribution is 2.18. The number of rotatable bonds is 2. The molecule has 19 heavy (non-hydrogen) atoms. The Hall–Kier alpha value is -1.82. The van der Waals surface area contributed by atoms with Crippen LogP contribution in [0.3, 0.4) is 0 Å². The molecule has 3 nitrogen and oxygen atoms in total. The Balaban J connectivity index is 2.10. The fourth-order valence-electron chi connectivity index (χ4n) is 1.94. The summed E-state index contributed by atoms with van der Waals surface area (Å²) in [6.07, 6.45) is 5.35. The van der Waals surface area contributed by atoms with Crippen LogP contribution in [0.15, 0.2) is 41.4 Å². The molecule has 3 rings (SSSR count). The van der Waals surface area contributed by atoms with Crippen molar-refractivity contribution in [2.75, 3.05) is 0 Å². The van der Waals surface area contributed by atoms with Crippen LogP contribution in [0.1, 0.15) is 11.3 Å². The summed E-state index contributed by atoms with van der Waals surface area (Å²) in [5.41, 5.74) is 1.48. The van der Waals surface area contributed by atoms with Crippen molar-refractivity contribution in [3.8, 4) is 0 Å². The van der Waals surface area contributed by atoms with Crippen LogP contribution in [0.2, 0.25) is 0 Å². The highest BCUT2D eigenvalue weighted by atomic mass is 79.9. The SMILES string of the molecule is Fc1ccc(F)c(Cc2nc(Br)cn3ccnc23)c1. The van der Waals surface area contributed by atoms with Crippen LogP contribution in [-0.4, -0.2) is 14.4 Å². The maximum Gasteiger partial charge on any atom is 0.158 e. The first-order valence-electron chi connectivity index (χ1n) is 5.55. The van der Waals surface area contributed by atoms with E-state index in [4.69, 9.17) is 0 Å². The molecule has 0 aliphatic carbocycles. The van der Waals surface area contributed by atoms with Gasteiger partial charge in [-0.05, 0) is 39.7 Å². The average molecular weight is 324 g/mol. The molecule has 0 unspecified atom stereocenters. The summed E-state index contributed by atoms with van der Waals surface area (Å²) < 4.78 is 29.2. The van der Waals surface area contributed by atoms with Crippen molar-refractivity contribution >= 4 is 21.6 Å². The van der Waals surface area contributed by atoms with E-state index >= 15 is 0 Å². The largest absolute Gasteiger partial charge is 0.303 e. The topological polar surface area (TPSA) is 30.2 Å². The zero-order valence-electron chi connectivity index (χ0n) is 9.65. The Morgan fingerprint density at radius 3 is 2.95 bits per heavy atom. The van der Waals surface area contributed by atoms with Crippen LogP contribution in [0.5, 0.6) is 0 Å². The number of nitrogens with zero attached hydrogens (tertiary/aromatic N) is 3. The molecule has 2 heterocycles. The molecular formula is C13H8BrF2N3. The summed E-state index contributed by atoms with van der Waals surface area (Å²) in [7, 11) is 0. The van der Waals surface area contributed by atoms with Gasteiger partial charge in [-0.2, -0.15) is 0 Å². The molecule has 3 aromatic rings. The molecule has 0 amide bonds. The van der Waals surface area contributed by atoms with Gasteiger partial charge in [0.1, 0.15) is 16.2 Å². The van der Waals surface area contributed by atoms with E-state index in [0.29, 0.717) is 15.9 Å². The molecule has 2 aromatic heterocycles. The number of benzene rings is 1. The molecule has 0 radical (unpaired) electrons. The van der Waals surface area contributed by atoms with Gasteiger partial charge in [0, 0.05) is 25.0 Å². The Labute approximate surface area is 116 Å². The van der Waals surface area contributed by atoms with Gasteiger partial charge in [0.25, 0.3) is 0 Å². The number of hydrogen-bond donors (Lipinski definition) is 0. The first-order valence-corrected chi connectivity index (χ1v) is 6.35. The number of fused-ring (bicyclic) bond motifs is 1. The molecule has 0 saturated carbocycles. The first kappa shape index (κ1) is 12.2. The van der Waals surface area contributed by atoms with E-state index in [2.05, 4.69) is 25.9 Å². The van der Waals surface area contributed by atoms with Gasteiger partial charge >= 0.3 is 0 Å². The summed E-state index contributed by atoms with van der Waals surface area (Å²) in [6.45, 7) is 0. The normalized spacial score (nSPS) is 11.1. The molecule has 0 aliphatic rings. The van der Waals surface area contributed by atoms with E-state index in [-0.39, 0.29) is 12.0 Å². The fraction of sp³-hybridized carbons (Fsp3) is 0.0769. The van der Waals surface area contributed by atoms with E-state index < -0.39 is 11.6 Å². The molecule has 0 saturated heterocycles. The minimum atomic E-state index is -0.467. The Bertz CT molecular complexity index is 755. The second-order valence-corrected chi connectivity index (χ2v) is 4.89. The van der Waals surface area contributed by atoms with E-state index in [1.807, 2.05) is 0 Å². The fourth-order valence-corrected chi connectivity index (χ4v) is 2.38. The van der Waals surface area contributed by atoms with Crippen molar-refractivity contribution in [1.29, 1.82) is 0 Å². The lowest BCUT2D eigenvalue weighted by molar-refractivity contribution is 0.588. The molecular weight excluding hydrogens is 316 g/mol. The van der Waals surface area contributed by atoms with Gasteiger partial charge in [-0.15, -0.1) is 0 Å². The van der Waals surface area contributed by atoms with Crippen LogP contribution in [0.25, 0.3) is 5.65 Å². The van der Waals surface area contributed by atoms with Gasteiger partial charge in [-0.1, -0.05) is 0 Å². The summed E-state index contributed by atoms with van der Waals surface area (Å²) in [5.74, 6) is -0.918. The van der Waals surface area contributed by atoms with Gasteiger partial charge in [-0.3, -0.25) is 0 Å². The number of aromatic nitrogens is 3. The van der Waals surface area contributed by atoms with E-state index in [1.54, 1.807) is 23.0 Å². The monoisotopic (exact) mass is 323 g/mol. The highest BCUT2D eigenvalue weighted by molar-refractivity contribution is 9.10. The van der Waals surface area contributed by atoms with E-state index in [0.717, 1.165) is 12.1 Å². The standard InChI is InChI=1S/C13H8BrF2N3/c14-12-7-19-4-3-17-13(19)11(18-12)6-8-5-9(15)1-2-10(8)16/h1-5,7H,6H2.